The number of ether oxygens (including phenoxy) is 1. The lowest BCUT2D eigenvalue weighted by atomic mass is 10.0. The quantitative estimate of drug-likeness (QED) is 0.519. The second kappa shape index (κ2) is 7.24. The predicted octanol–water partition coefficient (Wildman–Crippen LogP) is 5.26. The Hall–Kier alpha value is -3.34. The van der Waals surface area contributed by atoms with Gasteiger partial charge in [-0.15, -0.1) is 0 Å². The summed E-state index contributed by atoms with van der Waals surface area (Å²) in [4.78, 5) is 28.7. The molecule has 0 aliphatic rings. The van der Waals surface area contributed by atoms with Gasteiger partial charge in [-0.2, -0.15) is 0 Å². The molecule has 0 radical (unpaired) electrons. The van der Waals surface area contributed by atoms with Crippen LogP contribution in [-0.4, -0.2) is 27.0 Å². The van der Waals surface area contributed by atoms with E-state index in [1.54, 1.807) is 6.20 Å². The number of aromatic nitrogens is 2. The molecule has 0 aliphatic carbocycles. The molecule has 2 aromatic heterocycles. The molecule has 0 spiro atoms. The van der Waals surface area contributed by atoms with E-state index in [0.29, 0.717) is 6.42 Å². The van der Waals surface area contributed by atoms with Crippen molar-refractivity contribution in [1.82, 2.24) is 9.55 Å². The number of nitrogens with zero attached hydrogens (tertiary/aromatic N) is 1. The van der Waals surface area contributed by atoms with Crippen LogP contribution in [0.5, 0.6) is 0 Å². The maximum absolute atomic E-state index is 12.8. The van der Waals surface area contributed by atoms with E-state index in [9.17, 15) is 9.59 Å². The van der Waals surface area contributed by atoms with Gasteiger partial charge in [0.1, 0.15) is 11.4 Å². The van der Waals surface area contributed by atoms with Crippen molar-refractivity contribution in [3.8, 4) is 0 Å². The molecule has 4 rings (SSSR count). The summed E-state index contributed by atoms with van der Waals surface area (Å²) in [5.74, 6) is 0.0989. The Bertz CT molecular complexity index is 1210. The molecule has 148 valence electrons. The number of fused-ring (bicyclic) bond motifs is 2. The highest BCUT2D eigenvalue weighted by atomic mass is 16.6. The summed E-state index contributed by atoms with van der Waals surface area (Å²) in [5.41, 5.74) is 3.00. The van der Waals surface area contributed by atoms with Gasteiger partial charge in [0.25, 0.3) is 0 Å². The molecule has 0 aliphatic heterocycles. The fourth-order valence-corrected chi connectivity index (χ4v) is 3.62. The summed E-state index contributed by atoms with van der Waals surface area (Å²) in [6.07, 6.45) is 3.79. The number of rotatable bonds is 4. The number of carbonyl (C=O) groups is 2. The fourth-order valence-electron chi connectivity index (χ4n) is 3.62. The summed E-state index contributed by atoms with van der Waals surface area (Å²) < 4.78 is 7.01. The standard InChI is InChI=1S/C24H24N2O3/c1-24(2,3)29-23(28)26-15-17(20-9-5-7-11-22(20)26)13-18(27)12-16-14-25-21-10-6-4-8-19(16)21/h4-11,14-15,25H,12-13H2,1-3H3. The van der Waals surface area contributed by atoms with E-state index in [4.69, 9.17) is 4.74 Å². The van der Waals surface area contributed by atoms with Gasteiger partial charge in [0, 0.05) is 41.5 Å². The molecule has 4 aromatic rings. The van der Waals surface area contributed by atoms with Gasteiger partial charge in [0.2, 0.25) is 0 Å². The van der Waals surface area contributed by atoms with Crippen molar-refractivity contribution in [1.29, 1.82) is 0 Å². The molecule has 5 heteroatoms. The van der Waals surface area contributed by atoms with Crippen LogP contribution in [0, 0.1) is 0 Å². The number of hydrogen-bond donors (Lipinski definition) is 1. The zero-order chi connectivity index (χ0) is 20.6. The van der Waals surface area contributed by atoms with Crippen molar-refractivity contribution in [3.05, 3.63) is 72.1 Å². The number of hydrogen-bond acceptors (Lipinski definition) is 3. The minimum atomic E-state index is -0.590. The zero-order valence-corrected chi connectivity index (χ0v) is 16.9. The molecule has 5 nitrogen and oxygen atoms in total. The van der Waals surface area contributed by atoms with Crippen LogP contribution in [0.2, 0.25) is 0 Å². The lowest BCUT2D eigenvalue weighted by molar-refractivity contribution is -0.117. The molecule has 0 fully saturated rings. The molecule has 0 saturated heterocycles. The minimum Gasteiger partial charge on any atom is -0.443 e. The minimum absolute atomic E-state index is 0.0989. The first-order valence-electron chi connectivity index (χ1n) is 9.71. The Morgan fingerprint density at radius 1 is 0.931 bits per heavy atom. The highest BCUT2D eigenvalue weighted by Gasteiger charge is 2.21. The number of aromatic amines is 1. The van der Waals surface area contributed by atoms with Gasteiger partial charge in [-0.25, -0.2) is 4.79 Å². The van der Waals surface area contributed by atoms with Crippen LogP contribution in [0.15, 0.2) is 60.9 Å². The van der Waals surface area contributed by atoms with E-state index < -0.39 is 11.7 Å². The largest absolute Gasteiger partial charge is 0.443 e. The zero-order valence-electron chi connectivity index (χ0n) is 16.9. The SMILES string of the molecule is CC(C)(C)OC(=O)n1cc(CC(=O)Cc2c[nH]c3ccccc23)c2ccccc21. The number of benzene rings is 2. The molecule has 2 aromatic carbocycles. The third-order valence-corrected chi connectivity index (χ3v) is 4.83. The molecule has 2 heterocycles. The average Bonchev–Trinajstić information content (AvgIpc) is 3.23. The summed E-state index contributed by atoms with van der Waals surface area (Å²) >= 11 is 0. The van der Waals surface area contributed by atoms with Crippen molar-refractivity contribution >= 4 is 33.7 Å². The number of Topliss-reactive ketones (excluding diaryl/α,β-unsaturated/α-hetero) is 1. The number of nitrogens with one attached hydrogen (secondary N) is 1. The normalized spacial score (nSPS) is 11.8. The Kier molecular flexibility index (Phi) is 4.74. The van der Waals surface area contributed by atoms with Crippen molar-refractivity contribution in [2.24, 2.45) is 0 Å². The average molecular weight is 388 g/mol. The van der Waals surface area contributed by atoms with Crippen LogP contribution in [-0.2, 0) is 22.4 Å². The van der Waals surface area contributed by atoms with E-state index in [1.807, 2.05) is 75.5 Å². The predicted molar refractivity (Wildman–Crippen MR) is 114 cm³/mol. The number of H-pyrrole nitrogens is 1. The molecular formula is C24H24N2O3. The topological polar surface area (TPSA) is 64.1 Å². The van der Waals surface area contributed by atoms with Gasteiger partial charge in [0.15, 0.2) is 0 Å². The van der Waals surface area contributed by atoms with Crippen molar-refractivity contribution in [3.63, 3.8) is 0 Å². The van der Waals surface area contributed by atoms with Gasteiger partial charge >= 0.3 is 6.09 Å². The Morgan fingerprint density at radius 2 is 1.59 bits per heavy atom. The lowest BCUT2D eigenvalue weighted by Gasteiger charge is -2.19. The maximum atomic E-state index is 12.8. The summed E-state index contributed by atoms with van der Waals surface area (Å²) in [5, 5.41) is 1.96. The van der Waals surface area contributed by atoms with E-state index in [-0.39, 0.29) is 12.2 Å². The molecule has 0 amide bonds. The van der Waals surface area contributed by atoms with Crippen LogP contribution in [0.3, 0.4) is 0 Å². The second-order valence-corrected chi connectivity index (χ2v) is 8.27. The van der Waals surface area contributed by atoms with Crippen molar-refractivity contribution < 1.29 is 14.3 Å². The maximum Gasteiger partial charge on any atom is 0.419 e. The van der Waals surface area contributed by atoms with Crippen LogP contribution in [0.1, 0.15) is 31.9 Å². The van der Waals surface area contributed by atoms with Crippen LogP contribution in [0.25, 0.3) is 21.8 Å². The van der Waals surface area contributed by atoms with E-state index >= 15 is 0 Å². The van der Waals surface area contributed by atoms with Gasteiger partial charge in [-0.1, -0.05) is 36.4 Å². The number of para-hydroxylation sites is 2. The Balaban J connectivity index is 1.61. The summed E-state index contributed by atoms with van der Waals surface area (Å²) in [7, 11) is 0. The molecule has 0 unspecified atom stereocenters. The van der Waals surface area contributed by atoms with Crippen LogP contribution in [0.4, 0.5) is 4.79 Å². The third kappa shape index (κ3) is 3.94. The van der Waals surface area contributed by atoms with Gasteiger partial charge in [0.05, 0.1) is 5.52 Å². The smallest absolute Gasteiger partial charge is 0.419 e. The van der Waals surface area contributed by atoms with E-state index in [2.05, 4.69) is 4.98 Å². The summed E-state index contributed by atoms with van der Waals surface area (Å²) in [6, 6.07) is 15.5. The molecule has 0 bridgehead atoms. The molecular weight excluding hydrogens is 364 g/mol. The highest BCUT2D eigenvalue weighted by molar-refractivity contribution is 5.96. The first-order chi connectivity index (χ1) is 13.8. The van der Waals surface area contributed by atoms with Crippen LogP contribution >= 0.6 is 0 Å². The van der Waals surface area contributed by atoms with Crippen molar-refractivity contribution in [2.45, 2.75) is 39.2 Å². The monoisotopic (exact) mass is 388 g/mol. The summed E-state index contributed by atoms with van der Waals surface area (Å²) in [6.45, 7) is 5.51. The molecule has 0 atom stereocenters. The first-order valence-corrected chi connectivity index (χ1v) is 9.71. The second-order valence-electron chi connectivity index (χ2n) is 8.27. The Labute approximate surface area is 169 Å². The van der Waals surface area contributed by atoms with Gasteiger partial charge in [-0.05, 0) is 44.0 Å². The van der Waals surface area contributed by atoms with Crippen LogP contribution < -0.4 is 0 Å². The highest BCUT2D eigenvalue weighted by Crippen LogP contribution is 2.25. The van der Waals surface area contributed by atoms with Gasteiger partial charge < -0.3 is 9.72 Å². The fraction of sp³-hybridized carbons (Fsp3) is 0.250. The third-order valence-electron chi connectivity index (χ3n) is 4.83. The van der Waals surface area contributed by atoms with Crippen molar-refractivity contribution in [2.75, 3.05) is 0 Å². The molecule has 0 saturated carbocycles. The number of ketones is 1. The van der Waals surface area contributed by atoms with Gasteiger partial charge in [-0.3, -0.25) is 9.36 Å². The number of carbonyl (C=O) groups excluding carboxylic acids is 2. The van der Waals surface area contributed by atoms with E-state index in [0.717, 1.165) is 32.9 Å². The Morgan fingerprint density at radius 3 is 2.34 bits per heavy atom. The van der Waals surface area contributed by atoms with E-state index in [1.165, 1.54) is 4.57 Å². The first kappa shape index (κ1) is 19.0. The molecule has 29 heavy (non-hydrogen) atoms. The lowest BCUT2D eigenvalue weighted by Crippen LogP contribution is -2.26. The molecule has 1 N–H and O–H groups in total.